The number of benzene rings is 3. The van der Waals surface area contributed by atoms with Gasteiger partial charge >= 0.3 is 0 Å². The number of hydrogen-bond donors (Lipinski definition) is 0. The van der Waals surface area contributed by atoms with Crippen molar-refractivity contribution in [1.29, 1.82) is 0 Å². The zero-order valence-corrected chi connectivity index (χ0v) is 13.2. The van der Waals surface area contributed by atoms with Crippen LogP contribution in [-0.2, 0) is 0 Å². The molecule has 0 bridgehead atoms. The second kappa shape index (κ2) is 6.17. The highest BCUT2D eigenvalue weighted by atomic mass is 16.1. The van der Waals surface area contributed by atoms with E-state index < -0.39 is 0 Å². The summed E-state index contributed by atoms with van der Waals surface area (Å²) in [5.41, 5.74) is 2.23. The highest BCUT2D eigenvalue weighted by Crippen LogP contribution is 2.26. The number of rotatable bonds is 3. The molecule has 1 heterocycles. The van der Waals surface area contributed by atoms with Gasteiger partial charge in [0.1, 0.15) is 0 Å². The van der Waals surface area contributed by atoms with Gasteiger partial charge < -0.3 is 4.57 Å². The Bertz CT molecular complexity index is 980. The molecule has 116 valence electrons. The first-order valence-electron chi connectivity index (χ1n) is 8.04. The van der Waals surface area contributed by atoms with Crippen LogP contribution in [0, 0.1) is 0 Å². The van der Waals surface area contributed by atoms with Crippen molar-refractivity contribution in [3.05, 3.63) is 119 Å². The molecule has 0 aliphatic heterocycles. The fraction of sp³-hybridized carbons (Fsp3) is 0.0455. The predicted octanol–water partition coefficient (Wildman–Crippen LogP) is 4.64. The molecule has 4 aromatic rings. The summed E-state index contributed by atoms with van der Waals surface area (Å²) in [4.78, 5) is 13.1. The van der Waals surface area contributed by atoms with Crippen LogP contribution in [0.5, 0.6) is 0 Å². The van der Waals surface area contributed by atoms with E-state index in [-0.39, 0.29) is 11.6 Å². The van der Waals surface area contributed by atoms with Gasteiger partial charge in [0, 0.05) is 11.6 Å². The fourth-order valence-corrected chi connectivity index (χ4v) is 3.19. The molecule has 0 spiro atoms. The third-order valence-electron chi connectivity index (χ3n) is 4.35. The minimum atomic E-state index is -0.135. The molecular weight excluding hydrogens is 294 g/mol. The van der Waals surface area contributed by atoms with Gasteiger partial charge in [0.05, 0.1) is 6.04 Å². The zero-order chi connectivity index (χ0) is 16.4. The van der Waals surface area contributed by atoms with Crippen LogP contribution >= 0.6 is 0 Å². The lowest BCUT2D eigenvalue weighted by molar-refractivity contribution is 0.656. The van der Waals surface area contributed by atoms with Gasteiger partial charge in [0.15, 0.2) is 0 Å². The minimum absolute atomic E-state index is 0.0332. The van der Waals surface area contributed by atoms with Crippen LogP contribution in [0.15, 0.2) is 102 Å². The Labute approximate surface area is 140 Å². The first-order valence-corrected chi connectivity index (χ1v) is 8.04. The summed E-state index contributed by atoms with van der Waals surface area (Å²) in [5, 5.41) is 1.72. The summed E-state index contributed by atoms with van der Waals surface area (Å²) in [6, 6.07) is 29.9. The van der Waals surface area contributed by atoms with Crippen LogP contribution < -0.4 is 5.56 Å². The summed E-state index contributed by atoms with van der Waals surface area (Å²) in [5.74, 6) is 0. The third kappa shape index (κ3) is 2.52. The van der Waals surface area contributed by atoms with Gasteiger partial charge in [-0.2, -0.15) is 0 Å². The monoisotopic (exact) mass is 311 g/mol. The van der Waals surface area contributed by atoms with E-state index in [0.29, 0.717) is 0 Å². The predicted molar refractivity (Wildman–Crippen MR) is 98.3 cm³/mol. The van der Waals surface area contributed by atoms with E-state index in [0.717, 1.165) is 21.9 Å². The Hall–Kier alpha value is -3.13. The summed E-state index contributed by atoms with van der Waals surface area (Å²) in [6.07, 6.45) is 1.90. The maximum absolute atomic E-state index is 13.1. The molecule has 0 unspecified atom stereocenters. The van der Waals surface area contributed by atoms with Crippen molar-refractivity contribution in [1.82, 2.24) is 4.57 Å². The highest BCUT2D eigenvalue weighted by molar-refractivity contribution is 5.81. The first kappa shape index (κ1) is 14.5. The van der Waals surface area contributed by atoms with Gasteiger partial charge in [-0.05, 0) is 28.6 Å². The molecule has 4 rings (SSSR count). The maximum Gasteiger partial charge on any atom is 0.259 e. The number of pyridine rings is 1. The van der Waals surface area contributed by atoms with Crippen molar-refractivity contribution in [2.75, 3.05) is 0 Å². The standard InChI is InChI=1S/C22H17NO/c24-22-20-14-8-7-9-17(20)15-16-23(22)21(18-10-3-1-4-11-18)19-12-5-2-6-13-19/h1-16,21H. The van der Waals surface area contributed by atoms with Gasteiger partial charge in [-0.1, -0.05) is 78.9 Å². The van der Waals surface area contributed by atoms with E-state index in [1.165, 1.54) is 0 Å². The second-order valence-corrected chi connectivity index (χ2v) is 5.84. The fourth-order valence-electron chi connectivity index (χ4n) is 3.19. The molecule has 0 amide bonds. The van der Waals surface area contributed by atoms with Crippen molar-refractivity contribution in [2.45, 2.75) is 6.04 Å². The van der Waals surface area contributed by atoms with Crippen LogP contribution in [-0.4, -0.2) is 4.57 Å². The summed E-state index contributed by atoms with van der Waals surface area (Å²) >= 11 is 0. The normalized spacial score (nSPS) is 11.0. The van der Waals surface area contributed by atoms with Crippen LogP contribution in [0.2, 0.25) is 0 Å². The Balaban J connectivity index is 1.98. The smallest absolute Gasteiger partial charge is 0.259 e. The molecule has 3 aromatic carbocycles. The molecule has 0 saturated carbocycles. The van der Waals surface area contributed by atoms with Gasteiger partial charge in [-0.15, -0.1) is 0 Å². The summed E-state index contributed by atoms with van der Waals surface area (Å²) in [7, 11) is 0. The van der Waals surface area contributed by atoms with Crippen molar-refractivity contribution in [3.8, 4) is 0 Å². The minimum Gasteiger partial charge on any atom is -0.303 e. The van der Waals surface area contributed by atoms with E-state index >= 15 is 0 Å². The lowest BCUT2D eigenvalue weighted by atomic mass is 9.98. The van der Waals surface area contributed by atoms with Gasteiger partial charge in [-0.3, -0.25) is 4.79 Å². The highest BCUT2D eigenvalue weighted by Gasteiger charge is 2.17. The number of nitrogens with zero attached hydrogens (tertiary/aromatic N) is 1. The van der Waals surface area contributed by atoms with E-state index in [2.05, 4.69) is 24.3 Å². The van der Waals surface area contributed by atoms with E-state index in [9.17, 15) is 4.79 Å². The van der Waals surface area contributed by atoms with Crippen LogP contribution in [0.3, 0.4) is 0 Å². The van der Waals surface area contributed by atoms with Crippen molar-refractivity contribution in [2.24, 2.45) is 0 Å². The molecule has 0 radical (unpaired) electrons. The first-order chi connectivity index (χ1) is 11.8. The number of hydrogen-bond acceptors (Lipinski definition) is 1. The topological polar surface area (TPSA) is 22.0 Å². The second-order valence-electron chi connectivity index (χ2n) is 5.84. The lowest BCUT2D eigenvalue weighted by Crippen LogP contribution is -2.25. The molecule has 2 nitrogen and oxygen atoms in total. The van der Waals surface area contributed by atoms with Crippen LogP contribution in [0.1, 0.15) is 17.2 Å². The van der Waals surface area contributed by atoms with Crippen molar-refractivity contribution < 1.29 is 0 Å². The molecule has 2 heteroatoms. The molecule has 0 aliphatic rings. The molecule has 0 fully saturated rings. The Morgan fingerprint density at radius 3 is 1.79 bits per heavy atom. The molecule has 0 atom stereocenters. The third-order valence-corrected chi connectivity index (χ3v) is 4.35. The van der Waals surface area contributed by atoms with Crippen LogP contribution in [0.4, 0.5) is 0 Å². The van der Waals surface area contributed by atoms with Crippen molar-refractivity contribution in [3.63, 3.8) is 0 Å². The largest absolute Gasteiger partial charge is 0.303 e. The van der Waals surface area contributed by atoms with E-state index in [1.807, 2.05) is 77.5 Å². The quantitative estimate of drug-likeness (QED) is 0.540. The molecule has 0 aliphatic carbocycles. The van der Waals surface area contributed by atoms with Gasteiger partial charge in [-0.25, -0.2) is 0 Å². The van der Waals surface area contributed by atoms with Gasteiger partial charge in [0.25, 0.3) is 5.56 Å². The van der Waals surface area contributed by atoms with Crippen molar-refractivity contribution >= 4 is 10.8 Å². The lowest BCUT2D eigenvalue weighted by Gasteiger charge is -2.21. The zero-order valence-electron chi connectivity index (χ0n) is 13.2. The Morgan fingerprint density at radius 1 is 0.625 bits per heavy atom. The molecule has 24 heavy (non-hydrogen) atoms. The maximum atomic E-state index is 13.1. The van der Waals surface area contributed by atoms with Gasteiger partial charge in [0.2, 0.25) is 0 Å². The molecular formula is C22H17NO. The average molecular weight is 311 g/mol. The Kier molecular flexibility index (Phi) is 3.72. The van der Waals surface area contributed by atoms with Crippen LogP contribution in [0.25, 0.3) is 10.8 Å². The SMILES string of the molecule is O=c1c2ccccc2ccn1C(c1ccccc1)c1ccccc1. The number of fused-ring (bicyclic) bond motifs is 1. The summed E-state index contributed by atoms with van der Waals surface area (Å²) in [6.45, 7) is 0. The number of aromatic nitrogens is 1. The summed E-state index contributed by atoms with van der Waals surface area (Å²) < 4.78 is 1.83. The average Bonchev–Trinajstić information content (AvgIpc) is 2.66. The Morgan fingerprint density at radius 2 is 1.17 bits per heavy atom. The molecule has 0 saturated heterocycles. The van der Waals surface area contributed by atoms with E-state index in [4.69, 9.17) is 0 Å². The molecule has 1 aromatic heterocycles. The van der Waals surface area contributed by atoms with E-state index in [1.54, 1.807) is 0 Å². The molecule has 0 N–H and O–H groups in total.